The van der Waals surface area contributed by atoms with E-state index in [1.165, 1.54) is 0 Å². The predicted octanol–water partition coefficient (Wildman–Crippen LogP) is 3.55. The Kier molecular flexibility index (Phi) is 5.43. The highest BCUT2D eigenvalue weighted by Crippen LogP contribution is 2.24. The van der Waals surface area contributed by atoms with Crippen LogP contribution in [0.25, 0.3) is 0 Å². The summed E-state index contributed by atoms with van der Waals surface area (Å²) in [6.45, 7) is 2.84. The first kappa shape index (κ1) is 17.5. The van der Waals surface area contributed by atoms with Crippen LogP contribution in [-0.2, 0) is 16.1 Å². The van der Waals surface area contributed by atoms with E-state index < -0.39 is 0 Å². The molecular formula is C19H21ClN2O3. The summed E-state index contributed by atoms with van der Waals surface area (Å²) in [7, 11) is 0. The highest BCUT2D eigenvalue weighted by molar-refractivity contribution is 6.30. The summed E-state index contributed by atoms with van der Waals surface area (Å²) in [5.74, 6) is 0.291. The van der Waals surface area contributed by atoms with Gasteiger partial charge in [0.05, 0.1) is 24.8 Å². The minimum atomic E-state index is -0.330. The summed E-state index contributed by atoms with van der Waals surface area (Å²) < 4.78 is 5.28. The number of hydrogen-bond acceptors (Lipinski definition) is 3. The molecule has 0 saturated carbocycles. The van der Waals surface area contributed by atoms with Crippen LogP contribution < -0.4 is 5.32 Å². The Balaban J connectivity index is 1.60. The average molecular weight is 361 g/mol. The van der Waals surface area contributed by atoms with E-state index in [-0.39, 0.29) is 30.2 Å². The maximum Gasteiger partial charge on any atom is 0.225 e. The lowest BCUT2D eigenvalue weighted by molar-refractivity contribution is -0.129. The van der Waals surface area contributed by atoms with Crippen molar-refractivity contribution in [2.45, 2.75) is 32.4 Å². The fraction of sp³-hybridized carbons (Fsp3) is 0.368. The van der Waals surface area contributed by atoms with Crippen LogP contribution in [0.3, 0.4) is 0 Å². The number of carbonyl (C=O) groups is 2. The maximum absolute atomic E-state index is 12.6. The minimum Gasteiger partial charge on any atom is -0.467 e. The quantitative estimate of drug-likeness (QED) is 0.856. The molecule has 1 aliphatic heterocycles. The van der Waals surface area contributed by atoms with Crippen molar-refractivity contribution in [1.82, 2.24) is 10.2 Å². The molecule has 1 fully saturated rings. The number of halogens is 1. The Morgan fingerprint density at radius 3 is 2.76 bits per heavy atom. The van der Waals surface area contributed by atoms with Crippen molar-refractivity contribution in [2.24, 2.45) is 5.92 Å². The maximum atomic E-state index is 12.6. The number of likely N-dealkylation sites (tertiary alicyclic amines) is 1. The number of carbonyl (C=O) groups excluding carboxylic acids is 2. The lowest BCUT2D eigenvalue weighted by atomic mass is 10.0. The highest BCUT2D eigenvalue weighted by atomic mass is 35.5. The number of amides is 2. The lowest BCUT2D eigenvalue weighted by Gasteiger charge is -2.20. The van der Waals surface area contributed by atoms with Gasteiger partial charge in [0.2, 0.25) is 11.8 Å². The molecule has 1 aromatic carbocycles. The van der Waals surface area contributed by atoms with E-state index >= 15 is 0 Å². The van der Waals surface area contributed by atoms with Crippen LogP contribution in [0.1, 0.15) is 37.1 Å². The van der Waals surface area contributed by atoms with E-state index in [9.17, 15) is 9.59 Å². The third kappa shape index (κ3) is 4.23. The second-order valence-electron chi connectivity index (χ2n) is 6.28. The Bertz CT molecular complexity index is 728. The molecule has 0 unspecified atom stereocenters. The molecule has 3 rings (SSSR count). The van der Waals surface area contributed by atoms with Crippen molar-refractivity contribution in [3.05, 3.63) is 59.0 Å². The van der Waals surface area contributed by atoms with Gasteiger partial charge in [-0.1, -0.05) is 30.7 Å². The molecule has 0 bridgehead atoms. The van der Waals surface area contributed by atoms with Crippen LogP contribution in [0.5, 0.6) is 0 Å². The highest BCUT2D eigenvalue weighted by Gasteiger charge is 2.35. The van der Waals surface area contributed by atoms with Gasteiger partial charge in [-0.05, 0) is 36.2 Å². The van der Waals surface area contributed by atoms with Gasteiger partial charge in [0.15, 0.2) is 0 Å². The molecule has 0 spiro atoms. The third-order valence-electron chi connectivity index (χ3n) is 4.51. The van der Waals surface area contributed by atoms with Gasteiger partial charge < -0.3 is 14.6 Å². The second kappa shape index (κ2) is 7.74. The first-order chi connectivity index (χ1) is 12.1. The van der Waals surface area contributed by atoms with Crippen LogP contribution in [-0.4, -0.2) is 23.3 Å². The number of furan rings is 1. The van der Waals surface area contributed by atoms with Crippen molar-refractivity contribution < 1.29 is 14.0 Å². The van der Waals surface area contributed by atoms with Gasteiger partial charge in [-0.2, -0.15) is 0 Å². The molecule has 1 aromatic heterocycles. The second-order valence-corrected chi connectivity index (χ2v) is 6.71. The van der Waals surface area contributed by atoms with Gasteiger partial charge in [0, 0.05) is 18.0 Å². The zero-order valence-electron chi connectivity index (χ0n) is 14.1. The van der Waals surface area contributed by atoms with E-state index in [1.807, 2.05) is 37.3 Å². The van der Waals surface area contributed by atoms with Gasteiger partial charge in [-0.25, -0.2) is 0 Å². The van der Waals surface area contributed by atoms with Crippen LogP contribution in [0.4, 0.5) is 0 Å². The summed E-state index contributed by atoms with van der Waals surface area (Å²) >= 11 is 5.92. The molecule has 1 N–H and O–H groups in total. The molecule has 0 aliphatic carbocycles. The van der Waals surface area contributed by atoms with Crippen molar-refractivity contribution in [3.8, 4) is 0 Å². The van der Waals surface area contributed by atoms with Crippen LogP contribution >= 0.6 is 11.6 Å². The van der Waals surface area contributed by atoms with Gasteiger partial charge >= 0.3 is 0 Å². The number of rotatable bonds is 6. The average Bonchev–Trinajstić information content (AvgIpc) is 3.24. The number of benzene rings is 1. The zero-order chi connectivity index (χ0) is 17.8. The summed E-state index contributed by atoms with van der Waals surface area (Å²) in [5, 5.41) is 3.73. The van der Waals surface area contributed by atoms with E-state index in [4.69, 9.17) is 16.0 Å². The molecule has 2 amide bonds. The molecule has 1 saturated heterocycles. The number of nitrogens with zero attached hydrogens (tertiary/aromatic N) is 1. The van der Waals surface area contributed by atoms with Crippen LogP contribution in [0.15, 0.2) is 47.1 Å². The normalized spacial score (nSPS) is 18.4. The topological polar surface area (TPSA) is 62.6 Å². The fourth-order valence-corrected chi connectivity index (χ4v) is 3.22. The van der Waals surface area contributed by atoms with Gasteiger partial charge in [0.1, 0.15) is 5.76 Å². The van der Waals surface area contributed by atoms with E-state index in [2.05, 4.69) is 5.32 Å². The Morgan fingerprint density at radius 1 is 1.36 bits per heavy atom. The largest absolute Gasteiger partial charge is 0.467 e. The third-order valence-corrected chi connectivity index (χ3v) is 4.76. The Hall–Kier alpha value is -2.27. The van der Waals surface area contributed by atoms with Gasteiger partial charge in [-0.15, -0.1) is 0 Å². The summed E-state index contributed by atoms with van der Waals surface area (Å²) in [5.41, 5.74) is 1.01. The monoisotopic (exact) mass is 360 g/mol. The number of nitrogens with one attached hydrogen (secondary N) is 1. The molecule has 6 heteroatoms. The first-order valence-electron chi connectivity index (χ1n) is 8.42. The summed E-state index contributed by atoms with van der Waals surface area (Å²) in [4.78, 5) is 26.4. The molecule has 132 valence electrons. The summed E-state index contributed by atoms with van der Waals surface area (Å²) in [6.07, 6.45) is 2.59. The first-order valence-corrected chi connectivity index (χ1v) is 8.80. The molecular weight excluding hydrogens is 340 g/mol. The standard InChI is InChI=1S/C19H21ClN2O3/c1-2-17(13-5-7-15(20)8-6-13)21-19(24)14-10-18(23)22(11-14)12-16-4-3-9-25-16/h3-9,14,17H,2,10-12H2,1H3,(H,21,24)/t14-,17+/m0/s1. The lowest BCUT2D eigenvalue weighted by Crippen LogP contribution is -2.35. The van der Waals surface area contributed by atoms with E-state index in [1.54, 1.807) is 17.2 Å². The molecule has 2 atom stereocenters. The molecule has 2 aromatic rings. The molecule has 25 heavy (non-hydrogen) atoms. The molecule has 0 radical (unpaired) electrons. The SMILES string of the molecule is CC[C@@H](NC(=O)[C@H]1CC(=O)N(Cc2ccco2)C1)c1ccc(Cl)cc1. The van der Waals surface area contributed by atoms with Crippen molar-refractivity contribution in [2.75, 3.05) is 6.54 Å². The molecule has 1 aliphatic rings. The van der Waals surface area contributed by atoms with Crippen LogP contribution in [0, 0.1) is 5.92 Å². The minimum absolute atomic E-state index is 0.0175. The van der Waals surface area contributed by atoms with Crippen LogP contribution in [0.2, 0.25) is 5.02 Å². The van der Waals surface area contributed by atoms with Gasteiger partial charge in [-0.3, -0.25) is 9.59 Å². The predicted molar refractivity (Wildman–Crippen MR) is 94.9 cm³/mol. The Morgan fingerprint density at radius 2 is 2.12 bits per heavy atom. The zero-order valence-corrected chi connectivity index (χ0v) is 14.8. The van der Waals surface area contributed by atoms with Crippen molar-refractivity contribution in [3.63, 3.8) is 0 Å². The molecule has 5 nitrogen and oxygen atoms in total. The van der Waals surface area contributed by atoms with Gasteiger partial charge in [0.25, 0.3) is 0 Å². The summed E-state index contributed by atoms with van der Waals surface area (Å²) in [6, 6.07) is 11.0. The fourth-order valence-electron chi connectivity index (χ4n) is 3.10. The van der Waals surface area contributed by atoms with Crippen molar-refractivity contribution >= 4 is 23.4 Å². The number of hydrogen-bond donors (Lipinski definition) is 1. The molecule has 2 heterocycles. The van der Waals surface area contributed by atoms with E-state index in [0.717, 1.165) is 17.7 Å². The Labute approximate surface area is 151 Å². The smallest absolute Gasteiger partial charge is 0.225 e. The van der Waals surface area contributed by atoms with E-state index in [0.29, 0.717) is 18.1 Å². The van der Waals surface area contributed by atoms with Crippen molar-refractivity contribution in [1.29, 1.82) is 0 Å².